The number of halogens is 2. The van der Waals surface area contributed by atoms with Crippen molar-refractivity contribution in [1.82, 2.24) is 5.48 Å². The highest BCUT2D eigenvalue weighted by molar-refractivity contribution is 7.90. The van der Waals surface area contributed by atoms with E-state index in [1.807, 2.05) is 0 Å². The SMILES string of the molecule is O=C(Cc1ccc(CS(=O)(=O)c2ccc(Cl)c(Cl)c2)cc1)NO. The second kappa shape index (κ2) is 7.31. The maximum absolute atomic E-state index is 12.4. The van der Waals surface area contributed by atoms with Crippen LogP contribution in [0.2, 0.25) is 10.0 Å². The molecular formula is C15H13Cl2NO4S. The van der Waals surface area contributed by atoms with Crippen LogP contribution in [0.4, 0.5) is 0 Å². The fraction of sp³-hybridized carbons (Fsp3) is 0.133. The molecule has 0 aliphatic rings. The molecule has 2 rings (SSSR count). The molecule has 2 aromatic carbocycles. The van der Waals surface area contributed by atoms with Gasteiger partial charge in [-0.25, -0.2) is 13.9 Å². The molecule has 0 heterocycles. The maximum Gasteiger partial charge on any atom is 0.247 e. The van der Waals surface area contributed by atoms with E-state index in [2.05, 4.69) is 0 Å². The van der Waals surface area contributed by atoms with Crippen molar-refractivity contribution in [2.45, 2.75) is 17.1 Å². The Morgan fingerprint density at radius 3 is 2.17 bits per heavy atom. The third-order valence-electron chi connectivity index (χ3n) is 3.12. The molecule has 0 saturated carbocycles. The average molecular weight is 374 g/mol. The molecule has 8 heteroatoms. The summed E-state index contributed by atoms with van der Waals surface area (Å²) in [5.74, 6) is -0.738. The second-order valence-corrected chi connectivity index (χ2v) is 7.67. The molecule has 0 bridgehead atoms. The van der Waals surface area contributed by atoms with Crippen molar-refractivity contribution in [1.29, 1.82) is 0 Å². The Morgan fingerprint density at radius 1 is 1.00 bits per heavy atom. The minimum Gasteiger partial charge on any atom is -0.289 e. The highest BCUT2D eigenvalue weighted by Gasteiger charge is 2.16. The molecule has 0 fully saturated rings. The predicted molar refractivity (Wildman–Crippen MR) is 87.4 cm³/mol. The Kier molecular flexibility index (Phi) is 5.64. The monoisotopic (exact) mass is 373 g/mol. The molecular weight excluding hydrogens is 361 g/mol. The number of benzene rings is 2. The lowest BCUT2D eigenvalue weighted by molar-refractivity contribution is -0.128. The summed E-state index contributed by atoms with van der Waals surface area (Å²) < 4.78 is 24.8. The number of carbonyl (C=O) groups excluding carboxylic acids is 1. The zero-order valence-electron chi connectivity index (χ0n) is 11.8. The van der Waals surface area contributed by atoms with Crippen molar-refractivity contribution in [3.8, 4) is 0 Å². The largest absolute Gasteiger partial charge is 0.289 e. The first-order valence-corrected chi connectivity index (χ1v) is 8.91. The second-order valence-electron chi connectivity index (χ2n) is 4.86. The van der Waals surface area contributed by atoms with Crippen LogP contribution < -0.4 is 5.48 Å². The third kappa shape index (κ3) is 4.68. The number of rotatable bonds is 5. The topological polar surface area (TPSA) is 83.5 Å². The molecule has 23 heavy (non-hydrogen) atoms. The predicted octanol–water partition coefficient (Wildman–Crippen LogP) is 3.02. The van der Waals surface area contributed by atoms with Gasteiger partial charge in [-0.3, -0.25) is 10.0 Å². The Morgan fingerprint density at radius 2 is 1.61 bits per heavy atom. The number of hydroxylamine groups is 1. The summed E-state index contributed by atoms with van der Waals surface area (Å²) in [4.78, 5) is 11.2. The van der Waals surface area contributed by atoms with Gasteiger partial charge in [-0.2, -0.15) is 0 Å². The molecule has 0 aromatic heterocycles. The van der Waals surface area contributed by atoms with E-state index in [1.54, 1.807) is 24.3 Å². The van der Waals surface area contributed by atoms with Crippen LogP contribution in [0.1, 0.15) is 11.1 Å². The maximum atomic E-state index is 12.4. The molecule has 5 nitrogen and oxygen atoms in total. The fourth-order valence-corrected chi connectivity index (χ4v) is 3.68. The van der Waals surface area contributed by atoms with E-state index in [0.29, 0.717) is 11.1 Å². The average Bonchev–Trinajstić information content (AvgIpc) is 2.51. The van der Waals surface area contributed by atoms with Gasteiger partial charge in [0.25, 0.3) is 0 Å². The van der Waals surface area contributed by atoms with Crippen LogP contribution in [0.15, 0.2) is 47.4 Å². The van der Waals surface area contributed by atoms with Gasteiger partial charge in [-0.05, 0) is 29.3 Å². The van der Waals surface area contributed by atoms with Gasteiger partial charge in [0, 0.05) is 0 Å². The molecule has 0 aliphatic carbocycles. The van der Waals surface area contributed by atoms with Gasteiger partial charge in [-0.1, -0.05) is 47.5 Å². The summed E-state index contributed by atoms with van der Waals surface area (Å²) in [6.07, 6.45) is 0.0102. The third-order valence-corrected chi connectivity index (χ3v) is 5.54. The zero-order chi connectivity index (χ0) is 17.0. The number of carbonyl (C=O) groups is 1. The number of nitrogens with one attached hydrogen (secondary N) is 1. The lowest BCUT2D eigenvalue weighted by atomic mass is 10.1. The number of sulfone groups is 1. The van der Waals surface area contributed by atoms with E-state index in [0.717, 1.165) is 0 Å². The first kappa shape index (κ1) is 17.7. The first-order valence-electron chi connectivity index (χ1n) is 6.50. The molecule has 2 N–H and O–H groups in total. The Bertz CT molecular complexity index is 820. The molecule has 1 amide bonds. The van der Waals surface area contributed by atoms with E-state index < -0.39 is 15.7 Å². The minimum atomic E-state index is -3.56. The molecule has 0 saturated heterocycles. The van der Waals surface area contributed by atoms with Crippen LogP contribution >= 0.6 is 23.2 Å². The molecule has 0 unspecified atom stereocenters. The zero-order valence-corrected chi connectivity index (χ0v) is 14.1. The summed E-state index contributed by atoms with van der Waals surface area (Å²) in [7, 11) is -3.56. The summed E-state index contributed by atoms with van der Waals surface area (Å²) >= 11 is 11.6. The first-order chi connectivity index (χ1) is 10.8. The summed E-state index contributed by atoms with van der Waals surface area (Å²) in [6.45, 7) is 0. The van der Waals surface area contributed by atoms with Crippen molar-refractivity contribution in [3.05, 3.63) is 63.6 Å². The standard InChI is InChI=1S/C15H13Cl2NO4S/c16-13-6-5-12(8-14(13)17)23(21,22)9-11-3-1-10(2-4-11)7-15(19)18-20/h1-6,8,20H,7,9H2,(H,18,19). The number of hydrogen-bond donors (Lipinski definition) is 2. The van der Waals surface area contributed by atoms with Crippen LogP contribution in [0.3, 0.4) is 0 Å². The van der Waals surface area contributed by atoms with Crippen molar-refractivity contribution < 1.29 is 18.4 Å². The number of amides is 1. The van der Waals surface area contributed by atoms with E-state index in [-0.39, 0.29) is 27.1 Å². The molecule has 122 valence electrons. The Hall–Kier alpha value is -1.60. The summed E-state index contributed by atoms with van der Waals surface area (Å²) in [6, 6.07) is 10.7. The van der Waals surface area contributed by atoms with E-state index in [4.69, 9.17) is 28.4 Å². The van der Waals surface area contributed by atoms with Crippen molar-refractivity contribution in [2.75, 3.05) is 0 Å². The quantitative estimate of drug-likeness (QED) is 0.623. The lowest BCUT2D eigenvalue weighted by Crippen LogP contribution is -2.20. The highest BCUT2D eigenvalue weighted by atomic mass is 35.5. The van der Waals surface area contributed by atoms with Gasteiger partial charge in [-0.15, -0.1) is 0 Å². The van der Waals surface area contributed by atoms with Crippen LogP contribution in [0.25, 0.3) is 0 Å². The van der Waals surface area contributed by atoms with Crippen molar-refractivity contribution >= 4 is 38.9 Å². The normalized spacial score (nSPS) is 11.3. The van der Waals surface area contributed by atoms with Gasteiger partial charge in [0.2, 0.25) is 5.91 Å². The smallest absolute Gasteiger partial charge is 0.247 e. The van der Waals surface area contributed by atoms with Gasteiger partial charge in [0.1, 0.15) is 0 Å². The van der Waals surface area contributed by atoms with Crippen LogP contribution in [0.5, 0.6) is 0 Å². The highest BCUT2D eigenvalue weighted by Crippen LogP contribution is 2.26. The summed E-state index contributed by atoms with van der Waals surface area (Å²) in [5.41, 5.74) is 2.77. The van der Waals surface area contributed by atoms with Gasteiger partial charge >= 0.3 is 0 Å². The van der Waals surface area contributed by atoms with Crippen molar-refractivity contribution in [3.63, 3.8) is 0 Å². The van der Waals surface area contributed by atoms with Gasteiger partial charge in [0.05, 0.1) is 27.1 Å². The van der Waals surface area contributed by atoms with E-state index in [1.165, 1.54) is 23.7 Å². The van der Waals surface area contributed by atoms with Crippen LogP contribution in [-0.2, 0) is 26.8 Å². The van der Waals surface area contributed by atoms with E-state index >= 15 is 0 Å². The molecule has 0 radical (unpaired) electrons. The Labute approximate surface area is 143 Å². The molecule has 0 atom stereocenters. The van der Waals surface area contributed by atoms with Crippen molar-refractivity contribution in [2.24, 2.45) is 0 Å². The van der Waals surface area contributed by atoms with Crippen LogP contribution in [-0.4, -0.2) is 19.5 Å². The molecule has 0 spiro atoms. The molecule has 0 aliphatic heterocycles. The van der Waals surface area contributed by atoms with Gasteiger partial charge < -0.3 is 0 Å². The molecule has 2 aromatic rings. The lowest BCUT2D eigenvalue weighted by Gasteiger charge is -2.07. The fourth-order valence-electron chi connectivity index (χ4n) is 1.95. The Balaban J connectivity index is 2.17. The van der Waals surface area contributed by atoms with Crippen LogP contribution in [0, 0.1) is 0 Å². The minimum absolute atomic E-state index is 0.0102. The van der Waals surface area contributed by atoms with E-state index in [9.17, 15) is 13.2 Å². The van der Waals surface area contributed by atoms with Gasteiger partial charge in [0.15, 0.2) is 9.84 Å². The summed E-state index contributed by atoms with van der Waals surface area (Å²) in [5, 5.41) is 8.94. The number of hydrogen-bond acceptors (Lipinski definition) is 4.